The summed E-state index contributed by atoms with van der Waals surface area (Å²) in [6.45, 7) is -0.0623. The molecule has 0 spiro atoms. The van der Waals surface area contributed by atoms with E-state index in [1.54, 1.807) is 0 Å². The molecule has 0 radical (unpaired) electrons. The average molecular weight is 983 g/mol. The number of halogens is 7. The smallest absolute Gasteiger partial charge is 0.293 e. The number of amides is 1. The van der Waals surface area contributed by atoms with Crippen LogP contribution in [0.2, 0.25) is 5.02 Å². The molecule has 2 aromatic carbocycles. The van der Waals surface area contributed by atoms with Gasteiger partial charge in [-0.25, -0.2) is 39.4 Å². The zero-order valence-corrected chi connectivity index (χ0v) is 37.0. The Labute approximate surface area is 375 Å². The maximum Gasteiger partial charge on any atom is 0.293 e. The van der Waals surface area contributed by atoms with E-state index in [0.717, 1.165) is 23.0 Å². The van der Waals surface area contributed by atoms with Gasteiger partial charge >= 0.3 is 0 Å². The average Bonchev–Trinajstić information content (AvgIpc) is 3.76. The largest absolute Gasteiger partial charge is 0.476 e. The Hall–Kier alpha value is -5.79. The summed E-state index contributed by atoms with van der Waals surface area (Å²) in [5.74, 6) is -9.41. The molecule has 2 fully saturated rings. The number of carbonyl (C=O) groups is 1. The van der Waals surface area contributed by atoms with E-state index in [4.69, 9.17) is 21.3 Å². The number of ether oxygens (including phenoxy) is 1. The van der Waals surface area contributed by atoms with Crippen molar-refractivity contribution >= 4 is 65.1 Å². The van der Waals surface area contributed by atoms with Crippen molar-refractivity contribution in [2.45, 2.75) is 43.7 Å². The summed E-state index contributed by atoms with van der Waals surface area (Å²) < 4.78 is 148. The van der Waals surface area contributed by atoms with Crippen LogP contribution in [0.15, 0.2) is 47.3 Å². The first-order chi connectivity index (χ1) is 31.1. The van der Waals surface area contributed by atoms with Gasteiger partial charge in [-0.15, -0.1) is 0 Å². The number of alkyl halides is 4. The highest BCUT2D eigenvalue weighted by atomic mass is 35.5. The zero-order chi connectivity index (χ0) is 47.2. The number of benzene rings is 2. The number of aromatic nitrogens is 7. The number of nitrogens with zero attached hydrogens (tertiary/aromatic N) is 8. The predicted molar refractivity (Wildman–Crippen MR) is 226 cm³/mol. The number of sulfone groups is 1. The monoisotopic (exact) mass is 982 g/mol. The van der Waals surface area contributed by atoms with E-state index in [9.17, 15) is 44.0 Å². The third-order valence-electron chi connectivity index (χ3n) is 11.7. The molecule has 4 aromatic heterocycles. The number of nitrogens with one attached hydrogen (secondary N) is 2. The molecule has 5 heterocycles. The molecule has 9 rings (SSSR count). The van der Waals surface area contributed by atoms with Gasteiger partial charge in [-0.1, -0.05) is 11.6 Å². The van der Waals surface area contributed by atoms with Crippen LogP contribution < -0.4 is 20.3 Å². The first-order valence-electron chi connectivity index (χ1n) is 20.2. The van der Waals surface area contributed by atoms with Crippen LogP contribution in [0.25, 0.3) is 27.6 Å². The molecule has 1 saturated carbocycles. The molecule has 1 aliphatic heterocycles. The van der Waals surface area contributed by atoms with Gasteiger partial charge in [0, 0.05) is 56.7 Å². The van der Waals surface area contributed by atoms with Crippen LogP contribution in [0.4, 0.5) is 32.2 Å². The topological polar surface area (TPSA) is 205 Å². The highest BCUT2D eigenvalue weighted by molar-refractivity contribution is 7.92. The number of fused-ring (bicyclic) bond motifs is 5. The number of hydrogen-bond acceptors (Lipinski definition) is 12. The van der Waals surface area contributed by atoms with Crippen molar-refractivity contribution in [2.24, 2.45) is 13.0 Å². The minimum atomic E-state index is -3.94. The van der Waals surface area contributed by atoms with E-state index < -0.39 is 97.5 Å². The summed E-state index contributed by atoms with van der Waals surface area (Å²) >= 11 is 6.62. The Morgan fingerprint density at radius 3 is 2.44 bits per heavy atom. The third kappa shape index (κ3) is 8.56. The first kappa shape index (κ1) is 45.4. The fourth-order valence-corrected chi connectivity index (χ4v) is 10.8. The molecule has 2 unspecified atom stereocenters. The molecule has 2 aliphatic carbocycles. The Kier molecular flexibility index (Phi) is 11.4. The second-order valence-electron chi connectivity index (χ2n) is 16.4. The molecule has 26 heteroatoms. The molecule has 350 valence electrons. The van der Waals surface area contributed by atoms with E-state index in [0.29, 0.717) is 30.4 Å². The van der Waals surface area contributed by atoms with Crippen molar-refractivity contribution in [3.63, 3.8) is 0 Å². The molecule has 17 nitrogen and oxygen atoms in total. The van der Waals surface area contributed by atoms with E-state index in [2.05, 4.69) is 25.2 Å². The van der Waals surface area contributed by atoms with Crippen LogP contribution in [0.1, 0.15) is 53.1 Å². The summed E-state index contributed by atoms with van der Waals surface area (Å²) in [4.78, 5) is 40.2. The van der Waals surface area contributed by atoms with Gasteiger partial charge in [0.05, 0.1) is 50.8 Å². The van der Waals surface area contributed by atoms with Crippen molar-refractivity contribution in [3.8, 4) is 11.6 Å². The third-order valence-corrected chi connectivity index (χ3v) is 14.2. The SMILES string of the molecule is Cn1nc(NS(C)(=O)=O)c2c(Cl)ccc(-n3c([C@H](Cc4cc(F)cc(F)c4)NC(=O)Cn4nc(C(F)F)c5c4C(F)(F)C4CC54)nc4nc(OCCN5CCS(=O)(=O)CC5)ccc4c3=O)c21. The zero-order valence-electron chi connectivity index (χ0n) is 34.6. The van der Waals surface area contributed by atoms with Gasteiger partial charge in [0.15, 0.2) is 21.3 Å². The molecule has 3 aliphatic rings. The van der Waals surface area contributed by atoms with Gasteiger partial charge < -0.3 is 10.1 Å². The molecule has 1 amide bonds. The number of sulfonamides is 1. The van der Waals surface area contributed by atoms with Gasteiger partial charge in [-0.05, 0) is 48.2 Å². The lowest BCUT2D eigenvalue weighted by atomic mass is 10.0. The fraction of sp³-hybridized carbons (Fsp3) is 0.400. The number of rotatable bonds is 14. The van der Waals surface area contributed by atoms with Crippen LogP contribution in [0.3, 0.4) is 0 Å². The van der Waals surface area contributed by atoms with Crippen LogP contribution in [0.5, 0.6) is 5.88 Å². The van der Waals surface area contributed by atoms with Gasteiger partial charge in [0.25, 0.3) is 17.9 Å². The summed E-state index contributed by atoms with van der Waals surface area (Å²) in [6, 6.07) is 6.33. The second-order valence-corrected chi connectivity index (χ2v) is 20.8. The Morgan fingerprint density at radius 2 is 1.76 bits per heavy atom. The Bertz CT molecular complexity index is 3240. The minimum absolute atomic E-state index is 0.00423. The quantitative estimate of drug-likeness (QED) is 0.145. The maximum atomic E-state index is 15.5. The molecule has 2 N–H and O–H groups in total. The lowest BCUT2D eigenvalue weighted by Gasteiger charge is -2.26. The number of hydrogen-bond donors (Lipinski definition) is 2. The maximum absolute atomic E-state index is 15.5. The van der Waals surface area contributed by atoms with Crippen molar-refractivity contribution in [3.05, 3.63) is 97.8 Å². The summed E-state index contributed by atoms with van der Waals surface area (Å²) in [7, 11) is -5.65. The Balaban J connectivity index is 1.18. The summed E-state index contributed by atoms with van der Waals surface area (Å²) in [5, 5.41) is 10.5. The number of anilines is 1. The van der Waals surface area contributed by atoms with Crippen LogP contribution in [0, 0.1) is 17.6 Å². The predicted octanol–water partition coefficient (Wildman–Crippen LogP) is 4.52. The first-order valence-corrected chi connectivity index (χ1v) is 24.3. The van der Waals surface area contributed by atoms with Crippen molar-refractivity contribution < 1.29 is 52.7 Å². The summed E-state index contributed by atoms with van der Waals surface area (Å²) in [5.41, 5.74) is -3.17. The molecular formula is C40H37ClF6N10O7S2. The van der Waals surface area contributed by atoms with Crippen LogP contribution in [-0.4, -0.2) is 106 Å². The van der Waals surface area contributed by atoms with Gasteiger partial charge in [-0.2, -0.15) is 24.0 Å². The highest BCUT2D eigenvalue weighted by Crippen LogP contribution is 2.68. The van der Waals surface area contributed by atoms with Crippen molar-refractivity contribution in [1.82, 2.24) is 44.3 Å². The molecule has 66 heavy (non-hydrogen) atoms. The van der Waals surface area contributed by atoms with E-state index in [-0.39, 0.29) is 85.8 Å². The van der Waals surface area contributed by atoms with Gasteiger partial charge in [0.1, 0.15) is 42.0 Å². The van der Waals surface area contributed by atoms with E-state index in [1.165, 1.54) is 36.0 Å². The van der Waals surface area contributed by atoms with Gasteiger partial charge in [0.2, 0.25) is 21.8 Å². The highest BCUT2D eigenvalue weighted by Gasteiger charge is 2.67. The fourth-order valence-electron chi connectivity index (χ4n) is 8.78. The second kappa shape index (κ2) is 16.5. The van der Waals surface area contributed by atoms with E-state index in [1.807, 2.05) is 4.90 Å². The number of aryl methyl sites for hydroxylation is 1. The molecule has 3 atom stereocenters. The minimum Gasteiger partial charge on any atom is -0.476 e. The molecule has 6 aromatic rings. The lowest BCUT2D eigenvalue weighted by molar-refractivity contribution is -0.123. The van der Waals surface area contributed by atoms with Crippen molar-refractivity contribution in [2.75, 3.05) is 48.7 Å². The number of pyridine rings is 1. The molecular weight excluding hydrogens is 946 g/mol. The molecule has 1 saturated heterocycles. The standard InChI is InChI=1S/C40H37ClF6N10O7S2/c1-54-33-27(5-4-25(41)31(33)37(52-54)53-65(2,60)61)57-38(50-36-22(39(57)59)3-6-29(49-36)64-10-7-55-8-11-66(62,63)12-9-55)26(15-19-13-20(42)16-21(43)14-19)48-28(58)18-56-34-30(32(51-56)35(44)45)23-17-24(23)40(34,46)47/h3-6,13-14,16,23-24,26,35H,7-12,15,17-18H2,1-2H3,(H,48,58)(H,52,53)/t23?,24?,26-/m0/s1. The summed E-state index contributed by atoms with van der Waals surface area (Å²) in [6.07, 6.45) is -2.90. The number of carbonyl (C=O) groups excluding carboxylic acids is 1. The van der Waals surface area contributed by atoms with E-state index >= 15 is 8.78 Å². The molecule has 0 bridgehead atoms. The van der Waals surface area contributed by atoms with Crippen LogP contribution in [-0.2, 0) is 50.6 Å². The Morgan fingerprint density at radius 1 is 1.05 bits per heavy atom. The lowest BCUT2D eigenvalue weighted by Crippen LogP contribution is -2.42. The van der Waals surface area contributed by atoms with Gasteiger partial charge in [-0.3, -0.25) is 33.1 Å². The van der Waals surface area contributed by atoms with Crippen molar-refractivity contribution in [1.29, 1.82) is 0 Å². The van der Waals surface area contributed by atoms with Crippen LogP contribution >= 0.6 is 11.6 Å². The normalized spacial score (nSPS) is 19.2.